The summed E-state index contributed by atoms with van der Waals surface area (Å²) in [5, 5.41) is 13.1. The molecular formula is C15H23FN2O. The average molecular weight is 266 g/mol. The van der Waals surface area contributed by atoms with Crippen molar-refractivity contribution in [1.29, 1.82) is 0 Å². The van der Waals surface area contributed by atoms with Crippen LogP contribution in [0.3, 0.4) is 0 Å². The van der Waals surface area contributed by atoms with Gasteiger partial charge < -0.3 is 15.3 Å². The number of nitrogens with zero attached hydrogens (tertiary/aromatic N) is 1. The highest BCUT2D eigenvalue weighted by Crippen LogP contribution is 2.24. The Morgan fingerprint density at radius 1 is 1.37 bits per heavy atom. The zero-order chi connectivity index (χ0) is 13.7. The fraction of sp³-hybridized carbons (Fsp3) is 0.600. The van der Waals surface area contributed by atoms with E-state index in [0.29, 0.717) is 5.56 Å². The average Bonchev–Trinajstić information content (AvgIpc) is 2.90. The number of nitrogens with one attached hydrogen (secondary N) is 1. The summed E-state index contributed by atoms with van der Waals surface area (Å²) in [5.41, 5.74) is 0.626. The number of benzene rings is 1. The second-order valence-electron chi connectivity index (χ2n) is 5.28. The highest BCUT2D eigenvalue weighted by Gasteiger charge is 2.12. The van der Waals surface area contributed by atoms with Gasteiger partial charge in [-0.1, -0.05) is 0 Å². The first-order valence-corrected chi connectivity index (χ1v) is 7.11. The largest absolute Gasteiger partial charge is 0.508 e. The van der Waals surface area contributed by atoms with E-state index in [-0.39, 0.29) is 17.6 Å². The minimum absolute atomic E-state index is 0.0331. The van der Waals surface area contributed by atoms with Crippen LogP contribution in [0.2, 0.25) is 0 Å². The first kappa shape index (κ1) is 14.3. The molecule has 106 valence electrons. The lowest BCUT2D eigenvalue weighted by atomic mass is 10.1. The second kappa shape index (κ2) is 6.87. The summed E-state index contributed by atoms with van der Waals surface area (Å²) in [7, 11) is 0. The molecule has 1 heterocycles. The van der Waals surface area contributed by atoms with Crippen LogP contribution in [-0.4, -0.2) is 36.2 Å². The molecule has 0 amide bonds. The number of aromatic hydroxyl groups is 1. The van der Waals surface area contributed by atoms with Crippen molar-refractivity contribution in [2.45, 2.75) is 32.2 Å². The molecular weight excluding hydrogens is 243 g/mol. The van der Waals surface area contributed by atoms with Crippen molar-refractivity contribution in [3.8, 4) is 5.75 Å². The molecule has 1 aliphatic heterocycles. The van der Waals surface area contributed by atoms with Gasteiger partial charge in [-0.2, -0.15) is 0 Å². The van der Waals surface area contributed by atoms with Gasteiger partial charge in [-0.15, -0.1) is 0 Å². The zero-order valence-corrected chi connectivity index (χ0v) is 11.5. The van der Waals surface area contributed by atoms with Crippen LogP contribution < -0.4 is 5.32 Å². The first-order valence-electron chi connectivity index (χ1n) is 7.11. The van der Waals surface area contributed by atoms with Crippen LogP contribution in [-0.2, 0) is 0 Å². The number of rotatable bonds is 6. The molecule has 0 bridgehead atoms. The molecule has 1 saturated heterocycles. The summed E-state index contributed by atoms with van der Waals surface area (Å²) in [6.07, 6.45) is 3.72. The van der Waals surface area contributed by atoms with Crippen LogP contribution in [0.5, 0.6) is 5.75 Å². The van der Waals surface area contributed by atoms with E-state index in [1.54, 1.807) is 0 Å². The number of hydrogen-bond acceptors (Lipinski definition) is 3. The van der Waals surface area contributed by atoms with Gasteiger partial charge in [0.15, 0.2) is 0 Å². The molecule has 1 atom stereocenters. The molecule has 0 aliphatic carbocycles. The van der Waals surface area contributed by atoms with Crippen molar-refractivity contribution < 1.29 is 9.50 Å². The Morgan fingerprint density at radius 3 is 2.84 bits per heavy atom. The molecule has 0 spiro atoms. The van der Waals surface area contributed by atoms with Gasteiger partial charge in [0.1, 0.15) is 11.6 Å². The molecule has 1 aromatic rings. The summed E-state index contributed by atoms with van der Waals surface area (Å²) < 4.78 is 13.2. The number of halogens is 1. The number of phenolic OH excluding ortho intramolecular Hbond substituents is 1. The Hall–Kier alpha value is -1.13. The van der Waals surface area contributed by atoms with E-state index >= 15 is 0 Å². The van der Waals surface area contributed by atoms with Gasteiger partial charge in [0.2, 0.25) is 0 Å². The summed E-state index contributed by atoms with van der Waals surface area (Å²) >= 11 is 0. The highest BCUT2D eigenvalue weighted by molar-refractivity contribution is 5.34. The van der Waals surface area contributed by atoms with Crippen molar-refractivity contribution in [2.24, 2.45) is 0 Å². The van der Waals surface area contributed by atoms with Crippen LogP contribution in [0, 0.1) is 5.82 Å². The minimum Gasteiger partial charge on any atom is -0.508 e. The van der Waals surface area contributed by atoms with Gasteiger partial charge >= 0.3 is 0 Å². The van der Waals surface area contributed by atoms with Crippen molar-refractivity contribution in [3.05, 3.63) is 29.6 Å². The molecule has 2 N–H and O–H groups in total. The Morgan fingerprint density at radius 2 is 2.11 bits per heavy atom. The van der Waals surface area contributed by atoms with Crippen molar-refractivity contribution >= 4 is 0 Å². The van der Waals surface area contributed by atoms with Gasteiger partial charge in [-0.3, -0.25) is 0 Å². The molecule has 0 saturated carbocycles. The van der Waals surface area contributed by atoms with E-state index in [4.69, 9.17) is 0 Å². The van der Waals surface area contributed by atoms with Crippen LogP contribution in [0.1, 0.15) is 37.8 Å². The quantitative estimate of drug-likeness (QED) is 0.777. The summed E-state index contributed by atoms with van der Waals surface area (Å²) in [4.78, 5) is 2.48. The van der Waals surface area contributed by atoms with Crippen molar-refractivity contribution in [3.63, 3.8) is 0 Å². The third-order valence-corrected chi connectivity index (χ3v) is 3.76. The Balaban J connectivity index is 1.74. The van der Waals surface area contributed by atoms with Crippen LogP contribution >= 0.6 is 0 Å². The van der Waals surface area contributed by atoms with Crippen LogP contribution in [0.4, 0.5) is 4.39 Å². The SMILES string of the molecule is CC(NCCCN1CCCC1)c1cc(F)ccc1O. The minimum atomic E-state index is -0.307. The number of likely N-dealkylation sites (tertiary alicyclic amines) is 1. The molecule has 19 heavy (non-hydrogen) atoms. The Bertz CT molecular complexity index is 405. The molecule has 1 aliphatic rings. The molecule has 0 aromatic heterocycles. The molecule has 1 aromatic carbocycles. The highest BCUT2D eigenvalue weighted by atomic mass is 19.1. The first-order chi connectivity index (χ1) is 9.16. The predicted molar refractivity (Wildman–Crippen MR) is 74.8 cm³/mol. The fourth-order valence-corrected chi connectivity index (χ4v) is 2.61. The molecule has 1 fully saturated rings. The second-order valence-corrected chi connectivity index (χ2v) is 5.28. The van der Waals surface area contributed by atoms with Gasteiger partial charge in [0.05, 0.1) is 0 Å². The van der Waals surface area contributed by atoms with Gasteiger partial charge in [-0.05, 0) is 70.6 Å². The monoisotopic (exact) mass is 266 g/mol. The molecule has 1 unspecified atom stereocenters. The fourth-order valence-electron chi connectivity index (χ4n) is 2.61. The molecule has 4 heteroatoms. The van der Waals surface area contributed by atoms with Crippen molar-refractivity contribution in [2.75, 3.05) is 26.2 Å². The maximum Gasteiger partial charge on any atom is 0.123 e. The van der Waals surface area contributed by atoms with Crippen molar-refractivity contribution in [1.82, 2.24) is 10.2 Å². The third kappa shape index (κ3) is 4.18. The summed E-state index contributed by atoms with van der Waals surface area (Å²) in [6, 6.07) is 4.05. The zero-order valence-electron chi connectivity index (χ0n) is 11.5. The van der Waals surface area contributed by atoms with Crippen LogP contribution in [0.25, 0.3) is 0 Å². The van der Waals surface area contributed by atoms with Gasteiger partial charge in [-0.25, -0.2) is 4.39 Å². The lowest BCUT2D eigenvalue weighted by Gasteiger charge is -2.18. The van der Waals surface area contributed by atoms with Crippen LogP contribution in [0.15, 0.2) is 18.2 Å². The van der Waals surface area contributed by atoms with E-state index in [1.807, 2.05) is 6.92 Å². The third-order valence-electron chi connectivity index (χ3n) is 3.76. The number of phenols is 1. The van der Waals surface area contributed by atoms with E-state index in [0.717, 1.165) is 19.5 Å². The van der Waals surface area contributed by atoms with E-state index < -0.39 is 0 Å². The Kier molecular flexibility index (Phi) is 5.16. The topological polar surface area (TPSA) is 35.5 Å². The Labute approximate surface area is 114 Å². The standard InChI is InChI=1S/C15H23FN2O/c1-12(14-11-13(16)5-6-15(14)19)17-7-4-10-18-8-2-3-9-18/h5-6,11-12,17,19H,2-4,7-10H2,1H3. The van der Waals surface area contributed by atoms with E-state index in [1.165, 1.54) is 44.1 Å². The molecule has 2 rings (SSSR count). The number of hydrogen-bond donors (Lipinski definition) is 2. The maximum atomic E-state index is 13.2. The smallest absolute Gasteiger partial charge is 0.123 e. The van der Waals surface area contributed by atoms with Gasteiger partial charge in [0.25, 0.3) is 0 Å². The van der Waals surface area contributed by atoms with E-state index in [9.17, 15) is 9.50 Å². The molecule has 0 radical (unpaired) electrons. The predicted octanol–water partition coefficient (Wildman–Crippen LogP) is 2.67. The van der Waals surface area contributed by atoms with Gasteiger partial charge in [0, 0.05) is 11.6 Å². The lowest BCUT2D eigenvalue weighted by molar-refractivity contribution is 0.328. The van der Waals surface area contributed by atoms with E-state index in [2.05, 4.69) is 10.2 Å². The maximum absolute atomic E-state index is 13.2. The summed E-state index contributed by atoms with van der Waals surface area (Å²) in [5.74, 6) is -0.153. The lowest BCUT2D eigenvalue weighted by Crippen LogP contribution is -2.26. The normalized spacial score (nSPS) is 17.8. The summed E-state index contributed by atoms with van der Waals surface area (Å²) in [6.45, 7) is 6.40. The molecule has 3 nitrogen and oxygen atoms in total.